The monoisotopic (exact) mass is 560 g/mol. The maximum Gasteiger partial charge on any atom is 0.243 e. The molecule has 41 heavy (non-hydrogen) atoms. The van der Waals surface area contributed by atoms with Gasteiger partial charge in [0.1, 0.15) is 11.6 Å². The first-order valence-corrected chi connectivity index (χ1v) is 15.0. The van der Waals surface area contributed by atoms with E-state index in [4.69, 9.17) is 0 Å². The molecule has 0 spiro atoms. The lowest BCUT2D eigenvalue weighted by atomic mass is 9.72. The lowest BCUT2D eigenvalue weighted by Gasteiger charge is -2.57. The number of fused-ring (bicyclic) bond motifs is 3. The van der Waals surface area contributed by atoms with Crippen LogP contribution in [0.5, 0.6) is 0 Å². The topological polar surface area (TPSA) is 55.9 Å². The number of benzene rings is 2. The first kappa shape index (κ1) is 26.8. The second kappa shape index (κ2) is 10.0. The van der Waals surface area contributed by atoms with Crippen LogP contribution in [-0.2, 0) is 22.7 Å². The van der Waals surface area contributed by atoms with Crippen LogP contribution in [0, 0.1) is 17.0 Å². The number of amides is 2. The Morgan fingerprint density at radius 1 is 0.976 bits per heavy atom. The van der Waals surface area contributed by atoms with Crippen LogP contribution < -0.4 is 10.2 Å². The number of anilines is 1. The maximum absolute atomic E-state index is 15.4. The van der Waals surface area contributed by atoms with E-state index in [1.165, 1.54) is 11.1 Å². The minimum absolute atomic E-state index is 0.197. The van der Waals surface area contributed by atoms with Crippen molar-refractivity contribution in [3.8, 4) is 0 Å². The third-order valence-corrected chi connectivity index (χ3v) is 10.1. The Balaban J connectivity index is 1.05. The predicted octanol–water partition coefficient (Wildman–Crippen LogP) is 5.01. The fourth-order valence-electron chi connectivity index (χ4n) is 7.75. The van der Waals surface area contributed by atoms with Gasteiger partial charge >= 0.3 is 0 Å². The molecule has 1 aliphatic carbocycles. The van der Waals surface area contributed by atoms with Crippen molar-refractivity contribution in [1.29, 1.82) is 0 Å². The molecule has 6 nitrogen and oxygen atoms in total. The Morgan fingerprint density at radius 2 is 1.68 bits per heavy atom. The molecule has 2 amide bonds. The molecule has 0 saturated carbocycles. The van der Waals surface area contributed by atoms with Gasteiger partial charge in [-0.15, -0.1) is 0 Å². The van der Waals surface area contributed by atoms with E-state index in [-0.39, 0.29) is 34.9 Å². The lowest BCUT2D eigenvalue weighted by molar-refractivity contribution is -0.137. The van der Waals surface area contributed by atoms with Crippen LogP contribution in [0.15, 0.2) is 42.0 Å². The molecule has 6 aliphatic rings. The van der Waals surface area contributed by atoms with Crippen LogP contribution in [0.25, 0.3) is 5.57 Å². The number of piperazine rings is 1. The van der Waals surface area contributed by atoms with E-state index < -0.39 is 0 Å². The molecule has 0 aromatic heterocycles. The fourth-order valence-corrected chi connectivity index (χ4v) is 7.75. The van der Waals surface area contributed by atoms with Crippen molar-refractivity contribution >= 4 is 23.1 Å². The van der Waals surface area contributed by atoms with Crippen LogP contribution in [0.3, 0.4) is 0 Å². The summed E-state index contributed by atoms with van der Waals surface area (Å²) in [6, 6.07) is 11.0. The number of piperidine rings is 2. The van der Waals surface area contributed by atoms with E-state index in [2.05, 4.69) is 33.9 Å². The second-order valence-electron chi connectivity index (χ2n) is 13.5. The fraction of sp³-hybridized carbons (Fsp3) is 0.515. The standard InChI is InChI=1S/C33H38F2N4O2/c1-33(2)10-9-21(27(14-33)20-3-5-24(34)6-4-20)17-39-25-13-26(39)19-38(18-25)30-12-23-16-37(15-22(23)11-28(30)35)29-7-8-31(40)36-32(29)41/h3-6,11-12,25-26,29H,7-10,13-19H2,1-2H3,(H,36,40,41). The number of hydrogen-bond acceptors (Lipinski definition) is 5. The van der Waals surface area contributed by atoms with Crippen molar-refractivity contribution < 1.29 is 18.4 Å². The number of carbonyl (C=O) groups excluding carboxylic acids is 2. The number of rotatable bonds is 5. The van der Waals surface area contributed by atoms with Gasteiger partial charge in [-0.2, -0.15) is 0 Å². The number of carbonyl (C=O) groups is 2. The lowest BCUT2D eigenvalue weighted by Crippen LogP contribution is -2.69. The molecular weight excluding hydrogens is 522 g/mol. The molecule has 8 rings (SSSR count). The molecule has 8 heteroatoms. The molecule has 2 bridgehead atoms. The normalized spacial score (nSPS) is 28.0. The van der Waals surface area contributed by atoms with Crippen molar-refractivity contribution in [3.05, 3.63) is 70.3 Å². The van der Waals surface area contributed by atoms with Gasteiger partial charge in [-0.3, -0.25) is 24.7 Å². The molecule has 5 aliphatic heterocycles. The average Bonchev–Trinajstić information content (AvgIpc) is 3.34. The molecule has 2 aromatic carbocycles. The number of allylic oxidation sites excluding steroid dienone is 1. The quantitative estimate of drug-likeness (QED) is 0.521. The number of hydrogen-bond donors (Lipinski definition) is 1. The van der Waals surface area contributed by atoms with Crippen LogP contribution in [-0.4, -0.2) is 59.4 Å². The molecule has 4 fully saturated rings. The van der Waals surface area contributed by atoms with Gasteiger partial charge in [0, 0.05) is 51.2 Å². The van der Waals surface area contributed by atoms with E-state index >= 15 is 4.39 Å². The zero-order chi connectivity index (χ0) is 28.5. The first-order valence-electron chi connectivity index (χ1n) is 15.0. The van der Waals surface area contributed by atoms with Crippen molar-refractivity contribution in [2.45, 2.75) is 83.6 Å². The maximum atomic E-state index is 15.4. The Bertz CT molecular complexity index is 1420. The highest BCUT2D eigenvalue weighted by atomic mass is 19.1. The second-order valence-corrected chi connectivity index (χ2v) is 13.5. The molecule has 0 radical (unpaired) electrons. The smallest absolute Gasteiger partial charge is 0.243 e. The average molecular weight is 561 g/mol. The van der Waals surface area contributed by atoms with Crippen molar-refractivity contribution in [2.24, 2.45) is 5.41 Å². The summed E-state index contributed by atoms with van der Waals surface area (Å²) in [5.74, 6) is -0.863. The number of nitrogens with zero attached hydrogens (tertiary/aromatic N) is 3. The first-order chi connectivity index (χ1) is 19.6. The SMILES string of the molecule is CC1(C)CCC(CN2C3CC2CN(c2cc4c(cc2F)CN(C2CCC(=O)NC2=O)C4)C3)=C(c2ccc(F)cc2)C1. The summed E-state index contributed by atoms with van der Waals surface area (Å²) in [5.41, 5.74) is 6.86. The summed E-state index contributed by atoms with van der Waals surface area (Å²) in [5, 5.41) is 2.44. The van der Waals surface area contributed by atoms with Gasteiger partial charge < -0.3 is 4.90 Å². The summed E-state index contributed by atoms with van der Waals surface area (Å²) < 4.78 is 29.1. The summed E-state index contributed by atoms with van der Waals surface area (Å²) in [6.07, 6.45) is 5.20. The molecule has 216 valence electrons. The highest BCUT2D eigenvalue weighted by molar-refractivity contribution is 6.00. The number of nitrogens with one attached hydrogen (secondary N) is 1. The molecule has 1 N–H and O–H groups in total. The van der Waals surface area contributed by atoms with Crippen LogP contribution in [0.2, 0.25) is 0 Å². The van der Waals surface area contributed by atoms with Crippen molar-refractivity contribution in [3.63, 3.8) is 0 Å². The van der Waals surface area contributed by atoms with E-state index in [1.54, 1.807) is 18.2 Å². The van der Waals surface area contributed by atoms with E-state index in [9.17, 15) is 14.0 Å². The third-order valence-electron chi connectivity index (χ3n) is 10.1. The minimum Gasteiger partial charge on any atom is -0.366 e. The predicted molar refractivity (Wildman–Crippen MR) is 154 cm³/mol. The minimum atomic E-state index is -0.345. The van der Waals surface area contributed by atoms with Crippen molar-refractivity contribution in [2.75, 3.05) is 24.5 Å². The molecule has 5 heterocycles. The molecule has 2 aromatic rings. The van der Waals surface area contributed by atoms with Gasteiger partial charge in [-0.05, 0) is 84.0 Å². The van der Waals surface area contributed by atoms with E-state index in [0.29, 0.717) is 43.7 Å². The van der Waals surface area contributed by atoms with E-state index in [1.807, 2.05) is 18.2 Å². The Morgan fingerprint density at radius 3 is 2.39 bits per heavy atom. The summed E-state index contributed by atoms with van der Waals surface area (Å²) in [7, 11) is 0. The Kier molecular flexibility index (Phi) is 6.54. The highest BCUT2D eigenvalue weighted by Crippen LogP contribution is 2.45. The van der Waals surface area contributed by atoms with Crippen LogP contribution in [0.1, 0.15) is 69.1 Å². The summed E-state index contributed by atoms with van der Waals surface area (Å²) in [4.78, 5) is 30.8. The van der Waals surface area contributed by atoms with Crippen LogP contribution >= 0.6 is 0 Å². The zero-order valence-electron chi connectivity index (χ0n) is 23.9. The highest BCUT2D eigenvalue weighted by Gasteiger charge is 2.46. The number of imide groups is 1. The Labute approximate surface area is 240 Å². The van der Waals surface area contributed by atoms with Gasteiger partial charge in [-0.1, -0.05) is 31.6 Å². The van der Waals surface area contributed by atoms with Gasteiger partial charge in [-0.25, -0.2) is 8.78 Å². The van der Waals surface area contributed by atoms with Gasteiger partial charge in [0.2, 0.25) is 11.8 Å². The zero-order valence-corrected chi connectivity index (χ0v) is 23.9. The third kappa shape index (κ3) is 4.99. The molecule has 3 unspecified atom stereocenters. The summed E-state index contributed by atoms with van der Waals surface area (Å²) >= 11 is 0. The summed E-state index contributed by atoms with van der Waals surface area (Å²) in [6.45, 7) is 8.29. The van der Waals surface area contributed by atoms with Crippen molar-refractivity contribution in [1.82, 2.24) is 15.1 Å². The van der Waals surface area contributed by atoms with Gasteiger partial charge in [0.05, 0.1) is 11.7 Å². The Hall–Kier alpha value is -3.10. The molecule has 4 saturated heterocycles. The molecule has 3 atom stereocenters. The van der Waals surface area contributed by atoms with Gasteiger partial charge in [0.25, 0.3) is 0 Å². The number of halogens is 2. The molecular formula is C33H38F2N4O2. The largest absolute Gasteiger partial charge is 0.366 e. The van der Waals surface area contributed by atoms with Crippen LogP contribution in [0.4, 0.5) is 14.5 Å². The van der Waals surface area contributed by atoms with Gasteiger partial charge in [0.15, 0.2) is 0 Å². The van der Waals surface area contributed by atoms with E-state index in [0.717, 1.165) is 62.0 Å².